The third kappa shape index (κ3) is 3.17. The highest BCUT2D eigenvalue weighted by Crippen LogP contribution is 2.25. The maximum atomic E-state index is 13.8. The molecule has 0 fully saturated rings. The van der Waals surface area contributed by atoms with Crippen molar-refractivity contribution in [2.24, 2.45) is 0 Å². The molecular weight excluding hydrogens is 315 g/mol. The molecule has 0 spiro atoms. The van der Waals surface area contributed by atoms with Crippen LogP contribution in [0.2, 0.25) is 0 Å². The van der Waals surface area contributed by atoms with E-state index < -0.39 is 5.82 Å². The van der Waals surface area contributed by atoms with E-state index in [9.17, 15) is 4.39 Å². The molecule has 0 aliphatic heterocycles. The molecule has 7 heteroatoms. The number of aromatic nitrogens is 3. The van der Waals surface area contributed by atoms with Crippen LogP contribution in [0.15, 0.2) is 22.7 Å². The first-order valence-corrected chi connectivity index (χ1v) is 6.42. The van der Waals surface area contributed by atoms with E-state index in [1.165, 1.54) is 13.2 Å². The molecule has 5 nitrogen and oxygen atoms in total. The Balaban J connectivity index is 2.54. The van der Waals surface area contributed by atoms with Crippen molar-refractivity contribution >= 4 is 21.9 Å². The molecule has 0 unspecified atom stereocenters. The standard InChI is InChI=1S/C12H12BrFN4O/c1-3-15-11-16-10(17-12(18-11)19-2)8-6-7(13)4-5-9(8)14/h4-6H,3H2,1-2H3,(H,15,16,17,18). The van der Waals surface area contributed by atoms with Gasteiger partial charge in [-0.3, -0.25) is 0 Å². The van der Waals surface area contributed by atoms with Crippen LogP contribution < -0.4 is 10.1 Å². The van der Waals surface area contributed by atoms with Crippen molar-refractivity contribution in [2.75, 3.05) is 19.0 Å². The van der Waals surface area contributed by atoms with Gasteiger partial charge < -0.3 is 10.1 Å². The summed E-state index contributed by atoms with van der Waals surface area (Å²) in [4.78, 5) is 12.3. The van der Waals surface area contributed by atoms with Gasteiger partial charge in [-0.2, -0.15) is 15.0 Å². The fourth-order valence-electron chi connectivity index (χ4n) is 1.47. The number of rotatable bonds is 4. The van der Waals surface area contributed by atoms with Crippen LogP contribution >= 0.6 is 15.9 Å². The Kier molecular flexibility index (Phi) is 4.26. The summed E-state index contributed by atoms with van der Waals surface area (Å²) in [6.07, 6.45) is 0. The molecule has 0 aliphatic carbocycles. The Labute approximate surface area is 118 Å². The minimum atomic E-state index is -0.404. The SMILES string of the molecule is CCNc1nc(OC)nc(-c2cc(Br)ccc2F)n1. The van der Waals surface area contributed by atoms with Gasteiger partial charge in [-0.25, -0.2) is 4.39 Å². The van der Waals surface area contributed by atoms with Crippen LogP contribution in [0.1, 0.15) is 6.92 Å². The van der Waals surface area contributed by atoms with Crippen molar-refractivity contribution in [3.63, 3.8) is 0 Å². The average molecular weight is 327 g/mol. The van der Waals surface area contributed by atoms with Gasteiger partial charge >= 0.3 is 6.01 Å². The molecule has 1 aromatic heterocycles. The van der Waals surface area contributed by atoms with Crippen molar-refractivity contribution < 1.29 is 9.13 Å². The van der Waals surface area contributed by atoms with Crippen LogP contribution in [0.4, 0.5) is 10.3 Å². The van der Waals surface area contributed by atoms with E-state index in [1.807, 2.05) is 6.92 Å². The van der Waals surface area contributed by atoms with Gasteiger partial charge in [0, 0.05) is 11.0 Å². The number of hydrogen-bond donors (Lipinski definition) is 1. The van der Waals surface area contributed by atoms with Crippen molar-refractivity contribution in [2.45, 2.75) is 6.92 Å². The van der Waals surface area contributed by atoms with Crippen LogP contribution in [-0.4, -0.2) is 28.6 Å². The third-order valence-corrected chi connectivity index (χ3v) is 2.79. The van der Waals surface area contributed by atoms with Gasteiger partial charge in [-0.15, -0.1) is 0 Å². The third-order valence-electron chi connectivity index (χ3n) is 2.30. The van der Waals surface area contributed by atoms with Crippen LogP contribution in [0.5, 0.6) is 6.01 Å². The van der Waals surface area contributed by atoms with E-state index in [-0.39, 0.29) is 17.4 Å². The van der Waals surface area contributed by atoms with Gasteiger partial charge in [0.2, 0.25) is 5.95 Å². The zero-order valence-corrected chi connectivity index (χ0v) is 12.0. The quantitative estimate of drug-likeness (QED) is 0.936. The van der Waals surface area contributed by atoms with E-state index in [2.05, 4.69) is 36.2 Å². The van der Waals surface area contributed by atoms with Crippen molar-refractivity contribution in [1.82, 2.24) is 15.0 Å². The molecule has 1 N–H and O–H groups in total. The van der Waals surface area contributed by atoms with Crippen molar-refractivity contribution in [1.29, 1.82) is 0 Å². The number of ether oxygens (including phenoxy) is 1. The minimum absolute atomic E-state index is 0.139. The van der Waals surface area contributed by atoms with Crippen LogP contribution in [0, 0.1) is 5.82 Å². The van der Waals surface area contributed by atoms with Gasteiger partial charge in [0.05, 0.1) is 12.7 Å². The number of methoxy groups -OCH3 is 1. The van der Waals surface area contributed by atoms with Crippen molar-refractivity contribution in [3.05, 3.63) is 28.5 Å². The number of hydrogen-bond acceptors (Lipinski definition) is 5. The highest BCUT2D eigenvalue weighted by Gasteiger charge is 2.13. The molecule has 2 rings (SSSR count). The summed E-state index contributed by atoms with van der Waals surface area (Å²) in [6, 6.07) is 4.71. The molecular formula is C12H12BrFN4O. The topological polar surface area (TPSA) is 59.9 Å². The van der Waals surface area contributed by atoms with E-state index >= 15 is 0 Å². The Morgan fingerprint density at radius 1 is 1.32 bits per heavy atom. The second-order valence-corrected chi connectivity index (χ2v) is 4.54. The summed E-state index contributed by atoms with van der Waals surface area (Å²) in [5, 5.41) is 2.95. The monoisotopic (exact) mass is 326 g/mol. The maximum Gasteiger partial charge on any atom is 0.321 e. The largest absolute Gasteiger partial charge is 0.467 e. The molecule has 0 saturated heterocycles. The molecule has 2 aromatic rings. The molecule has 0 atom stereocenters. The molecule has 1 aromatic carbocycles. The summed E-state index contributed by atoms with van der Waals surface area (Å²) in [7, 11) is 1.45. The number of nitrogens with zero attached hydrogens (tertiary/aromatic N) is 3. The number of nitrogens with one attached hydrogen (secondary N) is 1. The van der Waals surface area contributed by atoms with Gasteiger partial charge in [0.15, 0.2) is 5.82 Å². The van der Waals surface area contributed by atoms with Crippen LogP contribution in [-0.2, 0) is 0 Å². The number of halogens is 2. The Bertz CT molecular complexity index is 594. The number of anilines is 1. The predicted octanol–water partition coefficient (Wildman–Crippen LogP) is 2.88. The first-order chi connectivity index (χ1) is 9.13. The van der Waals surface area contributed by atoms with Crippen LogP contribution in [0.25, 0.3) is 11.4 Å². The lowest BCUT2D eigenvalue weighted by atomic mass is 10.2. The van der Waals surface area contributed by atoms with Crippen LogP contribution in [0.3, 0.4) is 0 Å². The fraction of sp³-hybridized carbons (Fsp3) is 0.250. The maximum absolute atomic E-state index is 13.8. The first-order valence-electron chi connectivity index (χ1n) is 5.63. The minimum Gasteiger partial charge on any atom is -0.467 e. The van der Waals surface area contributed by atoms with E-state index in [0.29, 0.717) is 12.5 Å². The van der Waals surface area contributed by atoms with E-state index in [0.717, 1.165) is 4.47 Å². The van der Waals surface area contributed by atoms with E-state index in [1.54, 1.807) is 12.1 Å². The molecule has 0 bridgehead atoms. The number of benzene rings is 1. The summed E-state index contributed by atoms with van der Waals surface area (Å²) >= 11 is 3.29. The average Bonchev–Trinajstić information content (AvgIpc) is 2.41. The normalized spacial score (nSPS) is 10.3. The lowest BCUT2D eigenvalue weighted by molar-refractivity contribution is 0.379. The summed E-state index contributed by atoms with van der Waals surface area (Å²) in [6.45, 7) is 2.56. The second-order valence-electron chi connectivity index (χ2n) is 3.62. The summed E-state index contributed by atoms with van der Waals surface area (Å²) in [5.41, 5.74) is 0.286. The summed E-state index contributed by atoms with van der Waals surface area (Å²) in [5.74, 6) is 0.171. The van der Waals surface area contributed by atoms with Gasteiger partial charge in [0.1, 0.15) is 5.82 Å². The molecule has 0 amide bonds. The molecule has 19 heavy (non-hydrogen) atoms. The zero-order valence-electron chi connectivity index (χ0n) is 10.4. The van der Waals surface area contributed by atoms with E-state index in [4.69, 9.17) is 4.74 Å². The first kappa shape index (κ1) is 13.7. The Hall–Kier alpha value is -1.76. The molecule has 100 valence electrons. The molecule has 1 heterocycles. The van der Waals surface area contributed by atoms with Crippen molar-refractivity contribution in [3.8, 4) is 17.4 Å². The zero-order chi connectivity index (χ0) is 13.8. The molecule has 0 aliphatic rings. The summed E-state index contributed by atoms with van der Waals surface area (Å²) < 4.78 is 19.6. The second kappa shape index (κ2) is 5.92. The smallest absolute Gasteiger partial charge is 0.321 e. The fourth-order valence-corrected chi connectivity index (χ4v) is 1.84. The van der Waals surface area contributed by atoms with Gasteiger partial charge in [-0.1, -0.05) is 15.9 Å². The Morgan fingerprint density at radius 3 is 2.79 bits per heavy atom. The lowest BCUT2D eigenvalue weighted by Gasteiger charge is -2.07. The molecule has 0 radical (unpaired) electrons. The Morgan fingerprint density at radius 2 is 2.11 bits per heavy atom. The van der Waals surface area contributed by atoms with Gasteiger partial charge in [0.25, 0.3) is 0 Å². The highest BCUT2D eigenvalue weighted by molar-refractivity contribution is 9.10. The predicted molar refractivity (Wildman–Crippen MR) is 73.6 cm³/mol. The van der Waals surface area contributed by atoms with Gasteiger partial charge in [-0.05, 0) is 25.1 Å². The molecule has 0 saturated carbocycles. The lowest BCUT2D eigenvalue weighted by Crippen LogP contribution is -2.06. The highest BCUT2D eigenvalue weighted by atomic mass is 79.9.